The molecule has 2 aliphatic carbocycles. The molecular formula is C29H28ClFN4O2. The van der Waals surface area contributed by atoms with Crippen LogP contribution in [0, 0.1) is 29.5 Å². The minimum absolute atomic E-state index is 0.0588. The molecule has 6 nitrogen and oxygen atoms in total. The first-order valence-corrected chi connectivity index (χ1v) is 13.2. The second-order valence-electron chi connectivity index (χ2n) is 9.80. The van der Waals surface area contributed by atoms with Crippen molar-refractivity contribution in [2.45, 2.75) is 57.4 Å². The third-order valence-corrected chi connectivity index (χ3v) is 7.36. The van der Waals surface area contributed by atoms with Crippen LogP contribution in [0.4, 0.5) is 10.2 Å². The number of benzene rings is 1. The number of halogens is 2. The Morgan fingerprint density at radius 2 is 1.65 bits per heavy atom. The molecule has 2 heterocycles. The Hall–Kier alpha value is -3.50. The lowest BCUT2D eigenvalue weighted by molar-refractivity contribution is -0.124. The molecule has 3 aromatic rings. The van der Waals surface area contributed by atoms with E-state index in [0.29, 0.717) is 11.3 Å². The zero-order valence-electron chi connectivity index (χ0n) is 20.4. The summed E-state index contributed by atoms with van der Waals surface area (Å²) in [7, 11) is 0. The number of amides is 1. The maximum absolute atomic E-state index is 14.8. The minimum Gasteiger partial charge on any atom is -0.303 e. The smallest absolute Gasteiger partial charge is 0.276 e. The fourth-order valence-corrected chi connectivity index (χ4v) is 5.16. The van der Waals surface area contributed by atoms with Crippen molar-refractivity contribution in [1.82, 2.24) is 14.8 Å². The Bertz CT molecular complexity index is 1360. The Kier molecular flexibility index (Phi) is 7.66. The summed E-state index contributed by atoms with van der Waals surface area (Å²) in [6, 6.07) is 10.5. The van der Waals surface area contributed by atoms with E-state index in [2.05, 4.69) is 27.2 Å². The minimum atomic E-state index is -0.692. The number of pyridine rings is 1. The molecule has 5 rings (SSSR count). The molecule has 2 aliphatic rings. The van der Waals surface area contributed by atoms with Gasteiger partial charge in [0.15, 0.2) is 11.6 Å². The summed E-state index contributed by atoms with van der Waals surface area (Å²) in [5.41, 5.74) is 1.37. The van der Waals surface area contributed by atoms with E-state index in [1.807, 2.05) is 30.3 Å². The van der Waals surface area contributed by atoms with Gasteiger partial charge < -0.3 is 5.32 Å². The van der Waals surface area contributed by atoms with Gasteiger partial charge in [0, 0.05) is 29.2 Å². The van der Waals surface area contributed by atoms with Crippen molar-refractivity contribution < 1.29 is 14.0 Å². The summed E-state index contributed by atoms with van der Waals surface area (Å²) >= 11 is 6.36. The van der Waals surface area contributed by atoms with Crippen LogP contribution in [0.1, 0.15) is 79.0 Å². The molecule has 0 aliphatic heterocycles. The summed E-state index contributed by atoms with van der Waals surface area (Å²) in [5, 5.41) is 7.12. The SMILES string of the molecule is O=C(Nc1ncc(C#Cc2ccccc2)cc1F)c1c(Cl)cnn1C1CCCCC(C(=O)C2CC2)CC1. The highest BCUT2D eigenvalue weighted by Crippen LogP contribution is 2.38. The predicted octanol–water partition coefficient (Wildman–Crippen LogP) is 6.21. The molecule has 0 radical (unpaired) electrons. The van der Waals surface area contributed by atoms with Gasteiger partial charge in [-0.05, 0) is 56.7 Å². The Balaban J connectivity index is 1.29. The van der Waals surface area contributed by atoms with Crippen molar-refractivity contribution in [3.05, 3.63) is 76.5 Å². The highest BCUT2D eigenvalue weighted by atomic mass is 35.5. The van der Waals surface area contributed by atoms with Crippen molar-refractivity contribution in [1.29, 1.82) is 0 Å². The molecule has 1 amide bonds. The van der Waals surface area contributed by atoms with Crippen LogP contribution >= 0.6 is 11.6 Å². The van der Waals surface area contributed by atoms with Crippen molar-refractivity contribution in [2.75, 3.05) is 5.32 Å². The number of hydrogen-bond acceptors (Lipinski definition) is 4. The standard InChI is InChI=1S/C29H28ClFN4O2/c30-24-18-33-35(23-9-5-4-8-21(14-15-23)27(36)22-12-13-22)26(24)29(37)34-28-25(31)16-20(17-32-28)11-10-19-6-2-1-3-7-19/h1-3,6-7,16-18,21-23H,4-5,8-9,12-15H2,(H,32,34,37). The molecule has 37 heavy (non-hydrogen) atoms. The zero-order valence-corrected chi connectivity index (χ0v) is 21.2. The van der Waals surface area contributed by atoms with E-state index in [1.54, 1.807) is 4.68 Å². The number of hydrogen-bond donors (Lipinski definition) is 1. The number of carbonyl (C=O) groups is 2. The van der Waals surface area contributed by atoms with Crippen molar-refractivity contribution in [2.24, 2.45) is 11.8 Å². The first-order valence-electron chi connectivity index (χ1n) is 12.8. The van der Waals surface area contributed by atoms with Crippen LogP contribution in [0.25, 0.3) is 0 Å². The lowest BCUT2D eigenvalue weighted by Gasteiger charge is -2.26. The van der Waals surface area contributed by atoms with E-state index in [-0.39, 0.29) is 34.4 Å². The lowest BCUT2D eigenvalue weighted by atomic mass is 9.85. The zero-order chi connectivity index (χ0) is 25.8. The quantitative estimate of drug-likeness (QED) is 0.407. The van der Waals surface area contributed by atoms with Crippen LogP contribution in [-0.2, 0) is 4.79 Å². The molecule has 2 unspecified atom stereocenters. The van der Waals surface area contributed by atoms with Gasteiger partial charge in [-0.25, -0.2) is 9.37 Å². The molecule has 1 N–H and O–H groups in total. The van der Waals surface area contributed by atoms with E-state index >= 15 is 0 Å². The van der Waals surface area contributed by atoms with E-state index in [9.17, 15) is 14.0 Å². The molecule has 0 bridgehead atoms. The van der Waals surface area contributed by atoms with Gasteiger partial charge >= 0.3 is 0 Å². The number of nitrogens with zero attached hydrogens (tertiary/aromatic N) is 3. The number of nitrogens with one attached hydrogen (secondary N) is 1. The second kappa shape index (κ2) is 11.3. The van der Waals surface area contributed by atoms with Crippen LogP contribution in [0.15, 0.2) is 48.8 Å². The van der Waals surface area contributed by atoms with E-state index in [0.717, 1.165) is 56.9 Å². The Labute approximate surface area is 220 Å². The van der Waals surface area contributed by atoms with Gasteiger partial charge in [0.2, 0.25) is 0 Å². The summed E-state index contributed by atoms with van der Waals surface area (Å²) in [4.78, 5) is 29.9. The van der Waals surface area contributed by atoms with Gasteiger partial charge in [-0.2, -0.15) is 5.10 Å². The predicted molar refractivity (Wildman–Crippen MR) is 140 cm³/mol. The topological polar surface area (TPSA) is 76.9 Å². The molecule has 2 aromatic heterocycles. The molecule has 1 aromatic carbocycles. The van der Waals surface area contributed by atoms with Crippen molar-refractivity contribution in [3.8, 4) is 11.8 Å². The summed E-state index contributed by atoms with van der Waals surface area (Å²) in [6.45, 7) is 0. The highest BCUT2D eigenvalue weighted by molar-refractivity contribution is 6.34. The summed E-state index contributed by atoms with van der Waals surface area (Å²) < 4.78 is 16.4. The number of anilines is 1. The number of rotatable bonds is 5. The van der Waals surface area contributed by atoms with Gasteiger partial charge in [0.05, 0.1) is 17.3 Å². The number of aromatic nitrogens is 3. The van der Waals surface area contributed by atoms with E-state index in [4.69, 9.17) is 11.6 Å². The van der Waals surface area contributed by atoms with Gasteiger partial charge in [-0.15, -0.1) is 0 Å². The average Bonchev–Trinajstić information content (AvgIpc) is 3.66. The molecule has 0 saturated heterocycles. The molecule has 2 atom stereocenters. The van der Waals surface area contributed by atoms with Crippen molar-refractivity contribution >= 4 is 29.1 Å². The molecule has 190 valence electrons. The number of carbonyl (C=O) groups excluding carboxylic acids is 2. The van der Waals surface area contributed by atoms with Crippen LogP contribution in [0.5, 0.6) is 0 Å². The van der Waals surface area contributed by atoms with Gasteiger partial charge in [0.25, 0.3) is 5.91 Å². The fraction of sp³-hybridized carbons (Fsp3) is 0.379. The third-order valence-electron chi connectivity index (χ3n) is 7.08. The number of ketones is 1. The third kappa shape index (κ3) is 6.08. The first-order chi connectivity index (χ1) is 18.0. The average molecular weight is 519 g/mol. The van der Waals surface area contributed by atoms with E-state index < -0.39 is 11.7 Å². The second-order valence-corrected chi connectivity index (χ2v) is 10.2. The van der Waals surface area contributed by atoms with Gasteiger partial charge in [-0.1, -0.05) is 54.5 Å². The van der Waals surface area contributed by atoms with Crippen molar-refractivity contribution in [3.63, 3.8) is 0 Å². The maximum atomic E-state index is 14.8. The fourth-order valence-electron chi connectivity index (χ4n) is 4.94. The van der Waals surface area contributed by atoms with Crippen LogP contribution < -0.4 is 5.32 Å². The lowest BCUT2D eigenvalue weighted by Crippen LogP contribution is -2.25. The molecule has 0 spiro atoms. The monoisotopic (exact) mass is 518 g/mol. The molecule has 2 saturated carbocycles. The molecule has 8 heteroatoms. The van der Waals surface area contributed by atoms with Gasteiger partial charge in [0.1, 0.15) is 11.5 Å². The largest absolute Gasteiger partial charge is 0.303 e. The Morgan fingerprint density at radius 3 is 2.41 bits per heavy atom. The van der Waals surface area contributed by atoms with Gasteiger partial charge in [-0.3, -0.25) is 14.3 Å². The van der Waals surface area contributed by atoms with E-state index in [1.165, 1.54) is 18.5 Å². The van der Waals surface area contributed by atoms with Crippen LogP contribution in [0.2, 0.25) is 5.02 Å². The van der Waals surface area contributed by atoms with Crippen LogP contribution in [-0.4, -0.2) is 26.5 Å². The molecule has 2 fully saturated rings. The maximum Gasteiger partial charge on any atom is 0.276 e. The molecular weight excluding hydrogens is 491 g/mol. The normalized spacial score (nSPS) is 19.7. The number of Topliss-reactive ketones (excluding diaryl/α,β-unsaturated/α-hetero) is 1. The summed E-state index contributed by atoms with van der Waals surface area (Å²) in [5.74, 6) is 5.10. The Morgan fingerprint density at radius 1 is 0.946 bits per heavy atom. The first kappa shape index (κ1) is 25.2. The highest BCUT2D eigenvalue weighted by Gasteiger charge is 2.35. The van der Waals surface area contributed by atoms with Crippen LogP contribution in [0.3, 0.4) is 0 Å². The summed E-state index contributed by atoms with van der Waals surface area (Å²) in [6.07, 6.45) is 10.1.